The minimum atomic E-state index is 0.223. The third kappa shape index (κ3) is 10.4. The molecule has 98 valence electrons. The topological polar surface area (TPSA) is 30.9 Å². The van der Waals surface area contributed by atoms with Gasteiger partial charge in [0.2, 0.25) is 0 Å². The molecule has 0 amide bonds. The van der Waals surface area contributed by atoms with Crippen molar-refractivity contribution in [3.8, 4) is 0 Å². The van der Waals surface area contributed by atoms with Crippen LogP contribution in [0.3, 0.4) is 0 Å². The fourth-order valence-corrected chi connectivity index (χ4v) is 0.875. The highest BCUT2D eigenvalue weighted by Crippen LogP contribution is 1.99. The van der Waals surface area contributed by atoms with Crippen LogP contribution in [0, 0.1) is 0 Å². The molecule has 0 unspecified atom stereocenters. The lowest BCUT2D eigenvalue weighted by Gasteiger charge is -2.24. The van der Waals surface area contributed by atoms with Crippen molar-refractivity contribution in [1.29, 1.82) is 0 Å². The highest BCUT2D eigenvalue weighted by Gasteiger charge is 2.08. The zero-order chi connectivity index (χ0) is 12.6. The van der Waals surface area contributed by atoms with Crippen LogP contribution in [0.15, 0.2) is 0 Å². The Balaban J connectivity index is 3.85. The molecule has 0 aliphatic rings. The van der Waals surface area contributed by atoms with E-state index in [1.54, 1.807) is 0 Å². The van der Waals surface area contributed by atoms with Gasteiger partial charge in [0.05, 0.1) is 18.3 Å². The molecule has 0 rings (SSSR count). The maximum absolute atomic E-state index is 5.53. The van der Waals surface area contributed by atoms with E-state index >= 15 is 0 Å². The molecule has 0 heterocycles. The molecule has 0 saturated carbocycles. The van der Waals surface area contributed by atoms with E-state index in [-0.39, 0.29) is 18.3 Å². The van der Waals surface area contributed by atoms with Crippen LogP contribution in [-0.4, -0.2) is 43.4 Å². The average Bonchev–Trinajstić information content (AvgIpc) is 2.15. The predicted molar refractivity (Wildman–Crippen MR) is 65.1 cm³/mol. The summed E-state index contributed by atoms with van der Waals surface area (Å²) in [7, 11) is 0. The molecule has 4 nitrogen and oxygen atoms in total. The Kier molecular flexibility index (Phi) is 8.84. The molecule has 0 fully saturated rings. The second kappa shape index (κ2) is 8.93. The van der Waals surface area contributed by atoms with Gasteiger partial charge in [-0.3, -0.25) is 0 Å². The molecule has 0 aromatic carbocycles. The highest BCUT2D eigenvalue weighted by molar-refractivity contribution is 4.45. The Morgan fingerprint density at radius 3 is 1.06 bits per heavy atom. The first kappa shape index (κ1) is 15.8. The van der Waals surface area contributed by atoms with Gasteiger partial charge in [-0.05, 0) is 41.5 Å². The molecular formula is C12H27NO3. The molecule has 0 bridgehead atoms. The third-order valence-electron chi connectivity index (χ3n) is 1.77. The Morgan fingerprint density at radius 1 is 0.625 bits per heavy atom. The van der Waals surface area contributed by atoms with E-state index in [2.05, 4.69) is 0 Å². The molecule has 0 aliphatic heterocycles. The Morgan fingerprint density at radius 2 is 0.875 bits per heavy atom. The molecule has 0 spiro atoms. The lowest BCUT2D eigenvalue weighted by Crippen LogP contribution is -2.34. The summed E-state index contributed by atoms with van der Waals surface area (Å²) in [5.74, 6) is 0. The summed E-state index contributed by atoms with van der Waals surface area (Å²) in [5, 5.41) is 0. The van der Waals surface area contributed by atoms with Crippen molar-refractivity contribution < 1.29 is 14.2 Å². The minimum absolute atomic E-state index is 0.223. The third-order valence-corrected chi connectivity index (χ3v) is 1.77. The Bertz CT molecular complexity index is 132. The molecule has 0 saturated heterocycles. The molecule has 0 radical (unpaired) electrons. The van der Waals surface area contributed by atoms with Crippen LogP contribution < -0.4 is 0 Å². The first-order valence-electron chi connectivity index (χ1n) is 5.99. The van der Waals surface area contributed by atoms with Gasteiger partial charge in [0.1, 0.15) is 20.2 Å². The average molecular weight is 233 g/mol. The van der Waals surface area contributed by atoms with E-state index in [4.69, 9.17) is 14.2 Å². The maximum Gasteiger partial charge on any atom is 0.103 e. The number of hydrogen-bond acceptors (Lipinski definition) is 4. The quantitative estimate of drug-likeness (QED) is 0.572. The lowest BCUT2D eigenvalue weighted by molar-refractivity contribution is -0.127. The van der Waals surface area contributed by atoms with Gasteiger partial charge >= 0.3 is 0 Å². The second-order valence-corrected chi connectivity index (χ2v) is 4.70. The molecule has 16 heavy (non-hydrogen) atoms. The minimum Gasteiger partial charge on any atom is -0.363 e. The van der Waals surface area contributed by atoms with Gasteiger partial charge in [-0.2, -0.15) is 0 Å². The van der Waals surface area contributed by atoms with E-state index in [1.165, 1.54) is 0 Å². The van der Waals surface area contributed by atoms with Gasteiger partial charge in [-0.15, -0.1) is 0 Å². The first-order valence-corrected chi connectivity index (χ1v) is 5.99. The van der Waals surface area contributed by atoms with Crippen molar-refractivity contribution in [1.82, 2.24) is 4.90 Å². The molecular weight excluding hydrogens is 206 g/mol. The SMILES string of the molecule is CC(C)OCN(COC(C)C)COC(C)C. The summed E-state index contributed by atoms with van der Waals surface area (Å²) in [6.07, 6.45) is 0.668. The molecule has 4 heteroatoms. The van der Waals surface area contributed by atoms with Crippen LogP contribution in [0.2, 0.25) is 0 Å². The van der Waals surface area contributed by atoms with Crippen molar-refractivity contribution in [2.24, 2.45) is 0 Å². The maximum atomic E-state index is 5.53. The van der Waals surface area contributed by atoms with E-state index < -0.39 is 0 Å². The summed E-state index contributed by atoms with van der Waals surface area (Å²) >= 11 is 0. The van der Waals surface area contributed by atoms with E-state index in [1.807, 2.05) is 46.4 Å². The van der Waals surface area contributed by atoms with E-state index in [9.17, 15) is 0 Å². The van der Waals surface area contributed by atoms with Crippen LogP contribution in [0.4, 0.5) is 0 Å². The number of hydrogen-bond donors (Lipinski definition) is 0. The Hall–Kier alpha value is -0.160. The van der Waals surface area contributed by atoms with Crippen LogP contribution in [0.5, 0.6) is 0 Å². The summed E-state index contributed by atoms with van der Waals surface area (Å²) in [4.78, 5) is 2.00. The second-order valence-electron chi connectivity index (χ2n) is 4.70. The molecule has 0 atom stereocenters. The van der Waals surface area contributed by atoms with Crippen LogP contribution in [0.25, 0.3) is 0 Å². The fourth-order valence-electron chi connectivity index (χ4n) is 0.875. The van der Waals surface area contributed by atoms with Gasteiger partial charge in [0.25, 0.3) is 0 Å². The van der Waals surface area contributed by atoms with Gasteiger partial charge in [0.15, 0.2) is 0 Å². The Labute approximate surface area is 99.9 Å². The zero-order valence-electron chi connectivity index (χ0n) is 11.5. The van der Waals surface area contributed by atoms with Gasteiger partial charge < -0.3 is 14.2 Å². The van der Waals surface area contributed by atoms with Crippen LogP contribution >= 0.6 is 0 Å². The highest BCUT2D eigenvalue weighted by atomic mass is 16.5. The van der Waals surface area contributed by atoms with Crippen LogP contribution in [-0.2, 0) is 14.2 Å². The first-order chi connectivity index (χ1) is 7.41. The van der Waals surface area contributed by atoms with Gasteiger partial charge in [-0.1, -0.05) is 0 Å². The fraction of sp³-hybridized carbons (Fsp3) is 1.00. The lowest BCUT2D eigenvalue weighted by atomic mass is 10.5. The van der Waals surface area contributed by atoms with Crippen LogP contribution in [0.1, 0.15) is 41.5 Å². The predicted octanol–water partition coefficient (Wildman–Crippen LogP) is 2.44. The zero-order valence-corrected chi connectivity index (χ0v) is 11.5. The molecule has 0 aromatic rings. The standard InChI is InChI=1S/C12H27NO3/c1-10(2)14-7-13(8-15-11(3)4)9-16-12(5)6/h10-12H,7-9H2,1-6H3. The molecule has 0 N–H and O–H groups in total. The monoisotopic (exact) mass is 233 g/mol. The van der Waals surface area contributed by atoms with Crippen molar-refractivity contribution in [3.05, 3.63) is 0 Å². The summed E-state index contributed by atoms with van der Waals surface area (Å²) in [6.45, 7) is 13.7. The number of rotatable bonds is 9. The van der Waals surface area contributed by atoms with Crippen molar-refractivity contribution in [3.63, 3.8) is 0 Å². The van der Waals surface area contributed by atoms with Crippen molar-refractivity contribution in [2.45, 2.75) is 59.9 Å². The smallest absolute Gasteiger partial charge is 0.103 e. The van der Waals surface area contributed by atoms with E-state index in [0.717, 1.165) is 0 Å². The van der Waals surface area contributed by atoms with Crippen molar-refractivity contribution in [2.75, 3.05) is 20.2 Å². The summed E-state index contributed by atoms with van der Waals surface area (Å²) < 4.78 is 16.6. The van der Waals surface area contributed by atoms with Gasteiger partial charge in [-0.25, -0.2) is 4.90 Å². The summed E-state index contributed by atoms with van der Waals surface area (Å²) in [6, 6.07) is 0. The van der Waals surface area contributed by atoms with Crippen molar-refractivity contribution >= 4 is 0 Å². The number of nitrogens with zero attached hydrogens (tertiary/aromatic N) is 1. The molecule has 0 aromatic heterocycles. The van der Waals surface area contributed by atoms with E-state index in [0.29, 0.717) is 20.2 Å². The largest absolute Gasteiger partial charge is 0.363 e. The number of ether oxygens (including phenoxy) is 3. The summed E-state index contributed by atoms with van der Waals surface area (Å²) in [5.41, 5.74) is 0. The molecule has 0 aliphatic carbocycles. The van der Waals surface area contributed by atoms with Gasteiger partial charge in [0, 0.05) is 0 Å². The normalized spacial score (nSPS) is 12.4.